The molecule has 19 heavy (non-hydrogen) atoms. The predicted octanol–water partition coefficient (Wildman–Crippen LogP) is 1.26. The van der Waals surface area contributed by atoms with Gasteiger partial charge in [-0.3, -0.25) is 4.79 Å². The molecule has 0 saturated carbocycles. The minimum atomic E-state index is 0.0638. The molecule has 1 amide bonds. The van der Waals surface area contributed by atoms with Crippen molar-refractivity contribution in [3.63, 3.8) is 0 Å². The molecule has 1 aromatic rings. The van der Waals surface area contributed by atoms with Crippen LogP contribution in [0.25, 0.3) is 0 Å². The van der Waals surface area contributed by atoms with Crippen LogP contribution in [0.4, 0.5) is 0 Å². The van der Waals surface area contributed by atoms with Gasteiger partial charge in [-0.15, -0.1) is 0 Å². The van der Waals surface area contributed by atoms with Gasteiger partial charge in [-0.2, -0.15) is 0 Å². The molecule has 3 heterocycles. The van der Waals surface area contributed by atoms with Crippen molar-refractivity contribution in [3.05, 3.63) is 18.2 Å². The number of carbonyl (C=O) groups excluding carboxylic acids is 1. The highest BCUT2D eigenvalue weighted by atomic mass is 16.2. The average Bonchev–Trinajstić information content (AvgIpc) is 3.02. The van der Waals surface area contributed by atoms with Crippen molar-refractivity contribution in [3.8, 4) is 0 Å². The number of nitrogens with one attached hydrogen (secondary N) is 2. The average molecular weight is 262 g/mol. The van der Waals surface area contributed by atoms with Crippen LogP contribution in [-0.4, -0.2) is 46.5 Å². The summed E-state index contributed by atoms with van der Waals surface area (Å²) in [5.41, 5.74) is 0. The molecule has 5 nitrogen and oxygen atoms in total. The maximum Gasteiger partial charge on any atom is 0.239 e. The number of amides is 1. The van der Waals surface area contributed by atoms with E-state index in [1.807, 2.05) is 11.1 Å². The summed E-state index contributed by atoms with van der Waals surface area (Å²) in [6.45, 7) is 2.71. The molecule has 1 atom stereocenters. The predicted molar refractivity (Wildman–Crippen MR) is 72.8 cm³/mol. The standard InChI is InChI=1S/C14H22N4O/c19-14(12-3-1-2-6-15-12)18-9-4-11(5-10-18)13-16-7-8-17-13/h7-8,11-12,15H,1-6,9-10H2,(H,16,17). The molecule has 0 aliphatic carbocycles. The third-order valence-corrected chi connectivity index (χ3v) is 4.32. The number of aromatic nitrogens is 2. The first kappa shape index (κ1) is 12.7. The molecule has 3 rings (SSSR count). The van der Waals surface area contributed by atoms with Gasteiger partial charge in [0.05, 0.1) is 6.04 Å². The third-order valence-electron chi connectivity index (χ3n) is 4.32. The Morgan fingerprint density at radius 2 is 2.11 bits per heavy atom. The number of carbonyl (C=O) groups is 1. The Kier molecular flexibility index (Phi) is 3.82. The zero-order chi connectivity index (χ0) is 13.1. The molecule has 1 unspecified atom stereocenters. The lowest BCUT2D eigenvalue weighted by molar-refractivity contribution is -0.135. The maximum absolute atomic E-state index is 12.4. The van der Waals surface area contributed by atoms with Gasteiger partial charge < -0.3 is 15.2 Å². The van der Waals surface area contributed by atoms with Gasteiger partial charge in [0, 0.05) is 31.4 Å². The van der Waals surface area contributed by atoms with Crippen LogP contribution < -0.4 is 5.32 Å². The van der Waals surface area contributed by atoms with Gasteiger partial charge in [-0.05, 0) is 32.2 Å². The van der Waals surface area contributed by atoms with Crippen LogP contribution >= 0.6 is 0 Å². The number of likely N-dealkylation sites (tertiary alicyclic amines) is 1. The van der Waals surface area contributed by atoms with Crippen LogP contribution in [0.15, 0.2) is 12.4 Å². The minimum Gasteiger partial charge on any atom is -0.348 e. The van der Waals surface area contributed by atoms with Gasteiger partial charge >= 0.3 is 0 Å². The van der Waals surface area contributed by atoms with E-state index in [4.69, 9.17) is 0 Å². The number of hydrogen-bond acceptors (Lipinski definition) is 3. The number of piperidine rings is 2. The molecule has 0 aromatic carbocycles. The Labute approximate surface area is 113 Å². The van der Waals surface area contributed by atoms with E-state index in [1.165, 1.54) is 12.8 Å². The fourth-order valence-corrected chi connectivity index (χ4v) is 3.16. The van der Waals surface area contributed by atoms with Crippen LogP contribution in [0, 0.1) is 0 Å². The Bertz CT molecular complexity index is 403. The normalized spacial score (nSPS) is 25.5. The number of H-pyrrole nitrogens is 1. The largest absolute Gasteiger partial charge is 0.348 e. The van der Waals surface area contributed by atoms with Crippen LogP contribution in [0.1, 0.15) is 43.8 Å². The Balaban J connectivity index is 1.53. The van der Waals surface area contributed by atoms with Crippen molar-refractivity contribution >= 4 is 5.91 Å². The second-order valence-corrected chi connectivity index (χ2v) is 5.58. The van der Waals surface area contributed by atoms with Gasteiger partial charge in [0.25, 0.3) is 0 Å². The van der Waals surface area contributed by atoms with Gasteiger partial charge in [-0.25, -0.2) is 4.98 Å². The summed E-state index contributed by atoms with van der Waals surface area (Å²) >= 11 is 0. The van der Waals surface area contributed by atoms with Crippen LogP contribution in [0.3, 0.4) is 0 Å². The monoisotopic (exact) mass is 262 g/mol. The van der Waals surface area contributed by atoms with Crippen molar-refractivity contribution in [2.24, 2.45) is 0 Å². The molecule has 5 heteroatoms. The summed E-state index contributed by atoms with van der Waals surface area (Å²) in [6, 6.07) is 0.0638. The second-order valence-electron chi connectivity index (χ2n) is 5.58. The number of aromatic amines is 1. The van der Waals surface area contributed by atoms with Gasteiger partial charge in [-0.1, -0.05) is 6.42 Å². The minimum absolute atomic E-state index is 0.0638. The van der Waals surface area contributed by atoms with Crippen molar-refractivity contribution in [2.75, 3.05) is 19.6 Å². The fourth-order valence-electron chi connectivity index (χ4n) is 3.16. The number of hydrogen-bond donors (Lipinski definition) is 2. The molecule has 2 aliphatic heterocycles. The lowest BCUT2D eigenvalue weighted by atomic mass is 9.95. The molecule has 2 fully saturated rings. The molecular weight excluding hydrogens is 240 g/mol. The van der Waals surface area contributed by atoms with E-state index in [1.54, 1.807) is 6.20 Å². The van der Waals surface area contributed by atoms with Crippen LogP contribution in [0.2, 0.25) is 0 Å². The van der Waals surface area contributed by atoms with E-state index in [9.17, 15) is 4.79 Å². The van der Waals surface area contributed by atoms with Crippen molar-refractivity contribution in [1.82, 2.24) is 20.2 Å². The summed E-state index contributed by atoms with van der Waals surface area (Å²) in [5, 5.41) is 3.35. The molecule has 2 aliphatic rings. The van der Waals surface area contributed by atoms with Gasteiger partial charge in [0.1, 0.15) is 5.82 Å². The first-order chi connectivity index (χ1) is 9.34. The Morgan fingerprint density at radius 1 is 1.26 bits per heavy atom. The van der Waals surface area contributed by atoms with Crippen molar-refractivity contribution in [1.29, 1.82) is 0 Å². The van der Waals surface area contributed by atoms with E-state index in [0.717, 1.165) is 44.7 Å². The molecule has 2 N–H and O–H groups in total. The van der Waals surface area contributed by atoms with Crippen molar-refractivity contribution in [2.45, 2.75) is 44.1 Å². The quantitative estimate of drug-likeness (QED) is 0.843. The zero-order valence-corrected chi connectivity index (χ0v) is 11.3. The van der Waals surface area contributed by atoms with E-state index >= 15 is 0 Å². The Hall–Kier alpha value is -1.36. The summed E-state index contributed by atoms with van der Waals surface area (Å²) in [7, 11) is 0. The molecule has 0 bridgehead atoms. The summed E-state index contributed by atoms with van der Waals surface area (Å²) in [4.78, 5) is 21.9. The van der Waals surface area contributed by atoms with E-state index in [2.05, 4.69) is 15.3 Å². The number of rotatable bonds is 2. The summed E-state index contributed by atoms with van der Waals surface area (Å²) in [6.07, 6.45) is 9.09. The summed E-state index contributed by atoms with van der Waals surface area (Å²) in [5.74, 6) is 1.86. The van der Waals surface area contributed by atoms with E-state index < -0.39 is 0 Å². The first-order valence-corrected chi connectivity index (χ1v) is 7.36. The fraction of sp³-hybridized carbons (Fsp3) is 0.714. The van der Waals surface area contributed by atoms with Crippen molar-refractivity contribution < 1.29 is 4.79 Å². The highest BCUT2D eigenvalue weighted by Gasteiger charge is 2.29. The van der Waals surface area contributed by atoms with E-state index in [-0.39, 0.29) is 6.04 Å². The van der Waals surface area contributed by atoms with Gasteiger partial charge in [0.15, 0.2) is 0 Å². The first-order valence-electron chi connectivity index (χ1n) is 7.36. The topological polar surface area (TPSA) is 61.0 Å². The van der Waals surface area contributed by atoms with Crippen LogP contribution in [-0.2, 0) is 4.79 Å². The molecule has 104 valence electrons. The molecule has 2 saturated heterocycles. The molecule has 1 aromatic heterocycles. The number of nitrogens with zero attached hydrogens (tertiary/aromatic N) is 2. The molecule has 0 radical (unpaired) electrons. The third kappa shape index (κ3) is 2.81. The summed E-state index contributed by atoms with van der Waals surface area (Å²) < 4.78 is 0. The highest BCUT2D eigenvalue weighted by Crippen LogP contribution is 2.26. The lowest BCUT2D eigenvalue weighted by Crippen LogP contribution is -2.50. The Morgan fingerprint density at radius 3 is 2.74 bits per heavy atom. The zero-order valence-electron chi connectivity index (χ0n) is 11.3. The van der Waals surface area contributed by atoms with E-state index in [0.29, 0.717) is 11.8 Å². The maximum atomic E-state index is 12.4. The smallest absolute Gasteiger partial charge is 0.239 e. The molecular formula is C14H22N4O. The number of imidazole rings is 1. The second kappa shape index (κ2) is 5.74. The van der Waals surface area contributed by atoms with Gasteiger partial charge in [0.2, 0.25) is 5.91 Å². The SMILES string of the molecule is O=C(C1CCCCN1)N1CCC(c2ncc[nH]2)CC1. The van der Waals surface area contributed by atoms with Crippen LogP contribution in [0.5, 0.6) is 0 Å². The lowest BCUT2D eigenvalue weighted by Gasteiger charge is -2.35. The molecule has 0 spiro atoms. The highest BCUT2D eigenvalue weighted by molar-refractivity contribution is 5.82.